The van der Waals surface area contributed by atoms with Crippen molar-refractivity contribution in [1.82, 2.24) is 14.7 Å². The zero-order chi connectivity index (χ0) is 21.5. The van der Waals surface area contributed by atoms with Gasteiger partial charge in [0, 0.05) is 5.56 Å². The summed E-state index contributed by atoms with van der Waals surface area (Å²) < 4.78 is 18.8. The van der Waals surface area contributed by atoms with Gasteiger partial charge in [0.25, 0.3) is 0 Å². The molecule has 0 bridgehead atoms. The Morgan fingerprint density at radius 3 is 2.77 bits per heavy atom. The summed E-state index contributed by atoms with van der Waals surface area (Å²) in [7, 11) is 1.61. The Kier molecular flexibility index (Phi) is 4.50. The van der Waals surface area contributed by atoms with Crippen molar-refractivity contribution in [3.63, 3.8) is 0 Å². The monoisotopic (exact) mass is 418 g/mol. The number of fused-ring (bicyclic) bond motifs is 3. The van der Waals surface area contributed by atoms with Crippen molar-refractivity contribution in [1.29, 1.82) is 0 Å². The molecule has 31 heavy (non-hydrogen) atoms. The van der Waals surface area contributed by atoms with Crippen LogP contribution in [-0.4, -0.2) is 27.8 Å². The van der Waals surface area contributed by atoms with Crippen LogP contribution in [-0.2, 0) is 6.61 Å². The van der Waals surface area contributed by atoms with Crippen LogP contribution < -0.4 is 20.5 Å². The highest BCUT2D eigenvalue weighted by molar-refractivity contribution is 5.94. The van der Waals surface area contributed by atoms with Gasteiger partial charge < -0.3 is 19.7 Å². The number of hydrogen-bond donors (Lipinski definition) is 2. The van der Waals surface area contributed by atoms with Crippen molar-refractivity contribution < 1.29 is 14.0 Å². The van der Waals surface area contributed by atoms with Crippen molar-refractivity contribution in [2.75, 3.05) is 12.4 Å². The van der Waals surface area contributed by atoms with Crippen LogP contribution in [0.1, 0.15) is 28.7 Å². The van der Waals surface area contributed by atoms with Crippen molar-refractivity contribution in [2.45, 2.75) is 26.6 Å². The number of para-hydroxylation sites is 2. The van der Waals surface area contributed by atoms with E-state index in [9.17, 15) is 0 Å². The van der Waals surface area contributed by atoms with Gasteiger partial charge in [-0.1, -0.05) is 23.4 Å². The van der Waals surface area contributed by atoms with E-state index in [1.807, 2.05) is 60.9 Å². The summed E-state index contributed by atoms with van der Waals surface area (Å²) >= 11 is 0. The maximum absolute atomic E-state index is 6.04. The third kappa shape index (κ3) is 3.24. The van der Waals surface area contributed by atoms with Crippen LogP contribution in [0.2, 0.25) is 0 Å². The van der Waals surface area contributed by atoms with Crippen LogP contribution in [0.3, 0.4) is 0 Å². The SMILES string of the molecule is COc1cc(C2N=C(N)Nc3nc4ccccc4n32)ccc1OCc1c(C)noc1C. The van der Waals surface area contributed by atoms with Crippen LogP contribution in [0.4, 0.5) is 5.95 Å². The van der Waals surface area contributed by atoms with Crippen molar-refractivity contribution in [3.8, 4) is 11.5 Å². The number of aliphatic imine (C=N–C) groups is 1. The molecule has 0 saturated carbocycles. The summed E-state index contributed by atoms with van der Waals surface area (Å²) in [5.74, 6) is 2.92. The second-order valence-corrected chi connectivity index (χ2v) is 7.31. The Hall–Kier alpha value is -4.01. The third-order valence-electron chi connectivity index (χ3n) is 5.38. The van der Waals surface area contributed by atoms with Gasteiger partial charge in [0.15, 0.2) is 23.6 Å². The molecule has 1 aliphatic heterocycles. The average Bonchev–Trinajstić information content (AvgIpc) is 3.30. The topological polar surface area (TPSA) is 113 Å². The lowest BCUT2D eigenvalue weighted by molar-refractivity contribution is 0.281. The second-order valence-electron chi connectivity index (χ2n) is 7.31. The number of nitrogens with two attached hydrogens (primary N) is 1. The molecule has 3 heterocycles. The molecule has 0 saturated heterocycles. The van der Waals surface area contributed by atoms with Crippen LogP contribution in [0, 0.1) is 13.8 Å². The summed E-state index contributed by atoms with van der Waals surface area (Å²) in [5.41, 5.74) is 10.5. The fourth-order valence-electron chi connectivity index (χ4n) is 3.76. The first-order valence-electron chi connectivity index (χ1n) is 9.85. The fourth-order valence-corrected chi connectivity index (χ4v) is 3.76. The molecular weight excluding hydrogens is 396 g/mol. The molecule has 0 fully saturated rings. The van der Waals surface area contributed by atoms with Gasteiger partial charge in [-0.3, -0.25) is 9.88 Å². The number of imidazole rings is 1. The van der Waals surface area contributed by atoms with E-state index in [4.69, 9.17) is 19.7 Å². The lowest BCUT2D eigenvalue weighted by Crippen LogP contribution is -2.31. The highest BCUT2D eigenvalue weighted by atomic mass is 16.5. The quantitative estimate of drug-likeness (QED) is 0.510. The molecule has 0 amide bonds. The number of nitrogens with zero attached hydrogens (tertiary/aromatic N) is 4. The number of guanidine groups is 1. The molecule has 1 atom stereocenters. The predicted octanol–water partition coefficient (Wildman–Crippen LogP) is 3.52. The number of benzene rings is 2. The van der Waals surface area contributed by atoms with Gasteiger partial charge >= 0.3 is 0 Å². The van der Waals surface area contributed by atoms with E-state index in [-0.39, 0.29) is 6.17 Å². The molecule has 1 aliphatic rings. The summed E-state index contributed by atoms with van der Waals surface area (Å²) in [5, 5.41) is 7.01. The Balaban J connectivity index is 1.50. The van der Waals surface area contributed by atoms with Crippen LogP contribution >= 0.6 is 0 Å². The molecule has 9 nitrogen and oxygen atoms in total. The summed E-state index contributed by atoms with van der Waals surface area (Å²) in [6, 6.07) is 13.6. The molecule has 0 aliphatic carbocycles. The van der Waals surface area contributed by atoms with Gasteiger partial charge in [0.1, 0.15) is 12.4 Å². The minimum atomic E-state index is -0.380. The van der Waals surface area contributed by atoms with E-state index >= 15 is 0 Å². The van der Waals surface area contributed by atoms with E-state index in [0.29, 0.717) is 30.0 Å². The first-order valence-corrected chi connectivity index (χ1v) is 9.85. The Morgan fingerprint density at radius 2 is 2.00 bits per heavy atom. The molecule has 3 N–H and O–H groups in total. The lowest BCUT2D eigenvalue weighted by atomic mass is 10.1. The standard InChI is InChI=1S/C22H22N6O3/c1-12-15(13(2)31-27-12)11-30-18-9-8-14(10-19(18)29-3)20-25-21(23)26-22-24-16-6-4-5-7-17(16)28(20)22/h4-10,20H,11H2,1-3H3,(H3,23,24,25,26). The van der Waals surface area contributed by atoms with Gasteiger partial charge in [0.05, 0.1) is 29.4 Å². The number of nitrogens with one attached hydrogen (secondary N) is 1. The van der Waals surface area contributed by atoms with E-state index in [0.717, 1.165) is 33.6 Å². The van der Waals surface area contributed by atoms with Crippen molar-refractivity contribution in [2.24, 2.45) is 10.7 Å². The Morgan fingerprint density at radius 1 is 1.16 bits per heavy atom. The number of methoxy groups -OCH3 is 1. The molecule has 4 aromatic rings. The minimum Gasteiger partial charge on any atom is -0.493 e. The lowest BCUT2D eigenvalue weighted by Gasteiger charge is -2.24. The maximum Gasteiger partial charge on any atom is 0.212 e. The molecule has 1 unspecified atom stereocenters. The van der Waals surface area contributed by atoms with Crippen LogP contribution in [0.25, 0.3) is 11.0 Å². The number of rotatable bonds is 5. The highest BCUT2D eigenvalue weighted by Gasteiger charge is 2.26. The first-order chi connectivity index (χ1) is 15.0. The molecule has 0 spiro atoms. The first kappa shape index (κ1) is 19.0. The fraction of sp³-hybridized carbons (Fsp3) is 0.227. The van der Waals surface area contributed by atoms with Crippen molar-refractivity contribution in [3.05, 3.63) is 65.0 Å². The van der Waals surface area contributed by atoms with Gasteiger partial charge in [-0.15, -0.1) is 0 Å². The maximum atomic E-state index is 6.04. The second kappa shape index (κ2) is 7.35. The molecule has 2 aromatic heterocycles. The zero-order valence-electron chi connectivity index (χ0n) is 17.4. The van der Waals surface area contributed by atoms with Gasteiger partial charge in [-0.05, 0) is 38.1 Å². The molecule has 2 aromatic carbocycles. The third-order valence-corrected chi connectivity index (χ3v) is 5.38. The largest absolute Gasteiger partial charge is 0.493 e. The molecule has 5 rings (SSSR count). The summed E-state index contributed by atoms with van der Waals surface area (Å²) in [6.07, 6.45) is -0.380. The van der Waals surface area contributed by atoms with Gasteiger partial charge in [-0.2, -0.15) is 0 Å². The van der Waals surface area contributed by atoms with Crippen molar-refractivity contribution >= 4 is 22.9 Å². The number of aryl methyl sites for hydroxylation is 2. The minimum absolute atomic E-state index is 0.311. The Labute approximate surface area is 178 Å². The predicted molar refractivity (Wildman–Crippen MR) is 116 cm³/mol. The molecule has 0 radical (unpaired) electrons. The Bertz CT molecular complexity index is 1290. The summed E-state index contributed by atoms with van der Waals surface area (Å²) in [4.78, 5) is 9.25. The van der Waals surface area contributed by atoms with E-state index < -0.39 is 0 Å². The highest BCUT2D eigenvalue weighted by Crippen LogP contribution is 2.37. The van der Waals surface area contributed by atoms with E-state index in [1.165, 1.54) is 0 Å². The zero-order valence-corrected chi connectivity index (χ0v) is 17.4. The number of ether oxygens (including phenoxy) is 2. The van der Waals surface area contributed by atoms with Crippen LogP contribution in [0.15, 0.2) is 52.0 Å². The normalized spacial score (nSPS) is 15.3. The van der Waals surface area contributed by atoms with E-state index in [2.05, 4.69) is 20.4 Å². The number of hydrogen-bond acceptors (Lipinski definition) is 8. The van der Waals surface area contributed by atoms with E-state index in [1.54, 1.807) is 7.11 Å². The number of aromatic nitrogens is 3. The number of anilines is 1. The molecule has 158 valence electrons. The van der Waals surface area contributed by atoms with Gasteiger partial charge in [-0.25, -0.2) is 9.98 Å². The average molecular weight is 418 g/mol. The van der Waals surface area contributed by atoms with Gasteiger partial charge in [0.2, 0.25) is 5.95 Å². The molecular formula is C22H22N6O3. The van der Waals surface area contributed by atoms with Crippen LogP contribution in [0.5, 0.6) is 11.5 Å². The smallest absolute Gasteiger partial charge is 0.212 e. The summed E-state index contributed by atoms with van der Waals surface area (Å²) in [6.45, 7) is 4.10. The molecule has 9 heteroatoms.